The maximum absolute atomic E-state index is 12.9. The number of para-hydroxylation sites is 1. The van der Waals surface area contributed by atoms with Gasteiger partial charge in [0.05, 0.1) is 18.2 Å². The van der Waals surface area contributed by atoms with Crippen LogP contribution in [0, 0.1) is 23.2 Å². The average molecular weight is 352 g/mol. The Labute approximate surface area is 155 Å². The van der Waals surface area contributed by atoms with Crippen LogP contribution in [-0.4, -0.2) is 23.9 Å². The molecule has 1 aromatic rings. The van der Waals surface area contributed by atoms with Gasteiger partial charge >= 0.3 is 0 Å². The van der Waals surface area contributed by atoms with Crippen molar-refractivity contribution in [2.75, 3.05) is 4.90 Å². The maximum atomic E-state index is 12.9. The van der Waals surface area contributed by atoms with Crippen LogP contribution < -0.4 is 10.2 Å². The summed E-state index contributed by atoms with van der Waals surface area (Å²) in [7, 11) is 0. The molecule has 5 fully saturated rings. The fourth-order valence-corrected chi connectivity index (χ4v) is 6.80. The Balaban J connectivity index is 1.32. The Hall–Kier alpha value is -1.68. The molecule has 4 aliphatic carbocycles. The molecule has 4 saturated carbocycles. The van der Waals surface area contributed by atoms with Crippen LogP contribution in [0.2, 0.25) is 0 Å². The summed E-state index contributed by atoms with van der Waals surface area (Å²) >= 11 is 0. The standard InChI is InChI=1S/C22H28N2O2/c1-14(22-11-15-7-16(12-22)9-17(8-15)13-22)23-19-10-20(25)24(21(19)26)18-5-3-2-4-6-18/h2-6,14-17,19,23H,7-13H2,1H3/t14-,15?,16?,17?,19-,22?/m1/s1. The van der Waals surface area contributed by atoms with E-state index in [9.17, 15) is 9.59 Å². The highest BCUT2D eigenvalue weighted by Gasteiger charge is 2.54. The van der Waals surface area contributed by atoms with E-state index in [2.05, 4.69) is 12.2 Å². The molecule has 1 aliphatic heterocycles. The minimum Gasteiger partial charge on any atom is -0.302 e. The maximum Gasteiger partial charge on any atom is 0.251 e. The average Bonchev–Trinajstić information content (AvgIpc) is 2.88. The third-order valence-electron chi connectivity index (χ3n) is 7.62. The van der Waals surface area contributed by atoms with E-state index in [0.717, 1.165) is 17.8 Å². The molecule has 1 heterocycles. The van der Waals surface area contributed by atoms with Gasteiger partial charge in [-0.3, -0.25) is 9.59 Å². The second-order valence-corrected chi connectivity index (χ2v) is 9.33. The number of hydrogen-bond acceptors (Lipinski definition) is 3. The largest absolute Gasteiger partial charge is 0.302 e. The van der Waals surface area contributed by atoms with Gasteiger partial charge in [-0.25, -0.2) is 4.90 Å². The van der Waals surface area contributed by atoms with Gasteiger partial charge in [0.15, 0.2) is 0 Å². The van der Waals surface area contributed by atoms with E-state index >= 15 is 0 Å². The Morgan fingerprint density at radius 2 is 1.58 bits per heavy atom. The topological polar surface area (TPSA) is 49.4 Å². The number of imide groups is 1. The number of nitrogens with zero attached hydrogens (tertiary/aromatic N) is 1. The van der Waals surface area contributed by atoms with Crippen molar-refractivity contribution in [3.8, 4) is 0 Å². The lowest BCUT2D eigenvalue weighted by atomic mass is 9.48. The summed E-state index contributed by atoms with van der Waals surface area (Å²) in [6.45, 7) is 2.26. The smallest absolute Gasteiger partial charge is 0.251 e. The molecular weight excluding hydrogens is 324 g/mol. The van der Waals surface area contributed by atoms with Gasteiger partial charge in [0.25, 0.3) is 5.91 Å². The van der Waals surface area contributed by atoms with Gasteiger partial charge in [-0.05, 0) is 80.8 Å². The Bertz CT molecular complexity index is 694. The van der Waals surface area contributed by atoms with Gasteiger partial charge in [0.1, 0.15) is 0 Å². The predicted octanol–water partition coefficient (Wildman–Crippen LogP) is 3.51. The molecule has 4 bridgehead atoms. The second-order valence-electron chi connectivity index (χ2n) is 9.33. The molecule has 0 aromatic heterocycles. The van der Waals surface area contributed by atoms with Crippen LogP contribution in [0.5, 0.6) is 0 Å². The first kappa shape index (κ1) is 16.5. The molecule has 1 aromatic carbocycles. The summed E-state index contributed by atoms with van der Waals surface area (Å²) in [5, 5.41) is 3.60. The molecular formula is C22H28N2O2. The van der Waals surface area contributed by atoms with E-state index in [0.29, 0.717) is 17.1 Å². The molecule has 5 aliphatic rings. The van der Waals surface area contributed by atoms with Crippen LogP contribution in [0.3, 0.4) is 0 Å². The lowest BCUT2D eigenvalue weighted by Crippen LogP contribution is -2.57. The third-order valence-corrected chi connectivity index (χ3v) is 7.62. The summed E-state index contributed by atoms with van der Waals surface area (Å²) in [6.07, 6.45) is 8.49. The summed E-state index contributed by atoms with van der Waals surface area (Å²) < 4.78 is 0. The lowest BCUT2D eigenvalue weighted by molar-refractivity contribution is -0.122. The van der Waals surface area contributed by atoms with Gasteiger partial charge in [-0.15, -0.1) is 0 Å². The second kappa shape index (κ2) is 5.91. The SMILES string of the molecule is C[C@@H](N[C@@H]1CC(=O)N(c2ccccc2)C1=O)C12CC3CC(CC(C3)C1)C2. The Morgan fingerprint density at radius 1 is 1.00 bits per heavy atom. The molecule has 26 heavy (non-hydrogen) atoms. The molecule has 1 N–H and O–H groups in total. The zero-order chi connectivity index (χ0) is 17.9. The summed E-state index contributed by atoms with van der Waals surface area (Å²) in [5.74, 6) is 2.51. The number of anilines is 1. The molecule has 4 nitrogen and oxygen atoms in total. The van der Waals surface area contributed by atoms with Gasteiger partial charge in [0.2, 0.25) is 5.91 Å². The van der Waals surface area contributed by atoms with Crippen molar-refractivity contribution in [3.63, 3.8) is 0 Å². The van der Waals surface area contributed by atoms with Crippen molar-refractivity contribution < 1.29 is 9.59 Å². The summed E-state index contributed by atoms with van der Waals surface area (Å²) in [4.78, 5) is 26.8. The van der Waals surface area contributed by atoms with Crippen LogP contribution in [0.15, 0.2) is 30.3 Å². The lowest BCUT2D eigenvalue weighted by Gasteiger charge is -2.59. The number of carbonyl (C=O) groups excluding carboxylic acids is 2. The quantitative estimate of drug-likeness (QED) is 0.844. The first-order valence-corrected chi connectivity index (χ1v) is 10.2. The summed E-state index contributed by atoms with van der Waals surface area (Å²) in [6, 6.07) is 9.24. The molecule has 4 heteroatoms. The van der Waals surface area contributed by atoms with Crippen molar-refractivity contribution in [1.29, 1.82) is 0 Å². The number of rotatable bonds is 4. The van der Waals surface area contributed by atoms with Crippen molar-refractivity contribution in [3.05, 3.63) is 30.3 Å². The highest BCUT2D eigenvalue weighted by atomic mass is 16.2. The van der Waals surface area contributed by atoms with E-state index in [4.69, 9.17) is 0 Å². The molecule has 0 unspecified atom stereocenters. The van der Waals surface area contributed by atoms with E-state index in [1.165, 1.54) is 43.4 Å². The van der Waals surface area contributed by atoms with E-state index in [1.54, 1.807) is 0 Å². The Morgan fingerprint density at radius 3 is 2.15 bits per heavy atom. The van der Waals surface area contributed by atoms with Crippen molar-refractivity contribution >= 4 is 17.5 Å². The predicted molar refractivity (Wildman–Crippen MR) is 101 cm³/mol. The molecule has 1 saturated heterocycles. The zero-order valence-corrected chi connectivity index (χ0v) is 15.5. The van der Waals surface area contributed by atoms with E-state index in [-0.39, 0.29) is 24.3 Å². The highest BCUT2D eigenvalue weighted by Crippen LogP contribution is 2.61. The highest BCUT2D eigenvalue weighted by molar-refractivity contribution is 6.22. The fraction of sp³-hybridized carbons (Fsp3) is 0.636. The van der Waals surface area contributed by atoms with Crippen LogP contribution in [-0.2, 0) is 9.59 Å². The number of benzene rings is 1. The van der Waals surface area contributed by atoms with Crippen molar-refractivity contribution in [2.45, 2.75) is 64.0 Å². The van der Waals surface area contributed by atoms with Gasteiger partial charge in [-0.1, -0.05) is 18.2 Å². The van der Waals surface area contributed by atoms with Crippen LogP contribution in [0.1, 0.15) is 51.9 Å². The molecule has 2 atom stereocenters. The van der Waals surface area contributed by atoms with Crippen LogP contribution >= 0.6 is 0 Å². The summed E-state index contributed by atoms with van der Waals surface area (Å²) in [5.41, 5.74) is 1.03. The van der Waals surface area contributed by atoms with E-state index in [1.807, 2.05) is 30.3 Å². The first-order valence-electron chi connectivity index (χ1n) is 10.2. The number of hydrogen-bond donors (Lipinski definition) is 1. The molecule has 2 amide bonds. The third kappa shape index (κ3) is 2.53. The first-order chi connectivity index (χ1) is 12.5. The van der Waals surface area contributed by atoms with Gasteiger partial charge < -0.3 is 5.32 Å². The minimum atomic E-state index is -0.370. The zero-order valence-electron chi connectivity index (χ0n) is 15.5. The number of amides is 2. The van der Waals surface area contributed by atoms with Gasteiger partial charge in [0, 0.05) is 6.04 Å². The fourth-order valence-electron chi connectivity index (χ4n) is 6.80. The van der Waals surface area contributed by atoms with Crippen molar-refractivity contribution in [1.82, 2.24) is 5.32 Å². The molecule has 6 rings (SSSR count). The molecule has 138 valence electrons. The van der Waals surface area contributed by atoms with E-state index < -0.39 is 0 Å². The number of nitrogens with one attached hydrogen (secondary N) is 1. The molecule has 0 spiro atoms. The van der Waals surface area contributed by atoms with Crippen molar-refractivity contribution in [2.24, 2.45) is 23.2 Å². The number of carbonyl (C=O) groups is 2. The normalized spacial score (nSPS) is 39.7. The Kier molecular flexibility index (Phi) is 3.75. The van der Waals surface area contributed by atoms with Crippen LogP contribution in [0.25, 0.3) is 0 Å². The molecule has 0 radical (unpaired) electrons. The minimum absolute atomic E-state index is 0.0854. The monoisotopic (exact) mass is 352 g/mol. The van der Waals surface area contributed by atoms with Gasteiger partial charge in [-0.2, -0.15) is 0 Å². The van der Waals surface area contributed by atoms with Crippen LogP contribution in [0.4, 0.5) is 5.69 Å².